The summed E-state index contributed by atoms with van der Waals surface area (Å²) in [6.45, 7) is 3.30. The van der Waals surface area contributed by atoms with Gasteiger partial charge in [0.15, 0.2) is 0 Å². The van der Waals surface area contributed by atoms with E-state index in [0.29, 0.717) is 19.0 Å². The zero-order valence-electron chi connectivity index (χ0n) is 12.4. The van der Waals surface area contributed by atoms with Gasteiger partial charge in [0.2, 0.25) is 5.91 Å². The predicted octanol–water partition coefficient (Wildman–Crippen LogP) is 1.84. The van der Waals surface area contributed by atoms with Gasteiger partial charge in [0.1, 0.15) is 0 Å². The molecule has 0 radical (unpaired) electrons. The van der Waals surface area contributed by atoms with Gasteiger partial charge in [-0.2, -0.15) is 0 Å². The van der Waals surface area contributed by atoms with Crippen molar-refractivity contribution in [2.75, 3.05) is 13.1 Å². The number of rotatable bonds is 4. The molecule has 2 fully saturated rings. The Kier molecular flexibility index (Phi) is 6.76. The molecule has 2 aliphatic rings. The number of aliphatic hydroxyl groups excluding tert-OH is 1. The Labute approximate surface area is 128 Å². The SMILES string of the molecule is CC1(CNC(=O)[C@@H]2CCC[C@@H]2CN)CCCCC1O.Cl. The molecule has 4 nitrogen and oxygen atoms in total. The van der Waals surface area contributed by atoms with Gasteiger partial charge in [-0.1, -0.05) is 26.2 Å². The maximum absolute atomic E-state index is 12.3. The third-order valence-electron chi connectivity index (χ3n) is 5.24. The van der Waals surface area contributed by atoms with Gasteiger partial charge in [-0.05, 0) is 38.1 Å². The Morgan fingerprint density at radius 2 is 2.05 bits per heavy atom. The second-order valence-electron chi connectivity index (χ2n) is 6.67. The number of hydrogen-bond donors (Lipinski definition) is 3. The summed E-state index contributed by atoms with van der Waals surface area (Å²) in [5.74, 6) is 0.588. The molecule has 0 bridgehead atoms. The second-order valence-corrected chi connectivity index (χ2v) is 6.67. The van der Waals surface area contributed by atoms with Crippen molar-refractivity contribution >= 4 is 18.3 Å². The molecule has 0 aromatic carbocycles. The van der Waals surface area contributed by atoms with Crippen molar-refractivity contribution in [1.29, 1.82) is 0 Å². The predicted molar refractivity (Wildman–Crippen MR) is 82.7 cm³/mol. The first-order chi connectivity index (χ1) is 9.07. The van der Waals surface area contributed by atoms with E-state index >= 15 is 0 Å². The average molecular weight is 305 g/mol. The van der Waals surface area contributed by atoms with Gasteiger partial charge in [0, 0.05) is 17.9 Å². The lowest BCUT2D eigenvalue weighted by molar-refractivity contribution is -0.127. The summed E-state index contributed by atoms with van der Waals surface area (Å²) in [5, 5.41) is 13.2. The van der Waals surface area contributed by atoms with Crippen LogP contribution in [0.4, 0.5) is 0 Å². The monoisotopic (exact) mass is 304 g/mol. The molecule has 0 heterocycles. The minimum absolute atomic E-state index is 0. The highest BCUT2D eigenvalue weighted by Crippen LogP contribution is 2.36. The van der Waals surface area contributed by atoms with Gasteiger partial charge >= 0.3 is 0 Å². The number of amides is 1. The molecule has 2 saturated carbocycles. The van der Waals surface area contributed by atoms with E-state index in [1.807, 2.05) is 0 Å². The first-order valence-corrected chi connectivity index (χ1v) is 7.72. The summed E-state index contributed by atoms with van der Waals surface area (Å²) in [7, 11) is 0. The number of nitrogens with one attached hydrogen (secondary N) is 1. The first-order valence-electron chi connectivity index (χ1n) is 7.72. The maximum atomic E-state index is 12.3. The van der Waals surface area contributed by atoms with E-state index in [-0.39, 0.29) is 35.8 Å². The fourth-order valence-electron chi connectivity index (χ4n) is 3.67. The van der Waals surface area contributed by atoms with Crippen LogP contribution in [0.1, 0.15) is 51.9 Å². The molecule has 118 valence electrons. The van der Waals surface area contributed by atoms with E-state index in [9.17, 15) is 9.90 Å². The van der Waals surface area contributed by atoms with Gasteiger partial charge in [-0.25, -0.2) is 0 Å². The van der Waals surface area contributed by atoms with Gasteiger partial charge in [-0.3, -0.25) is 4.79 Å². The molecule has 20 heavy (non-hydrogen) atoms. The van der Waals surface area contributed by atoms with Crippen LogP contribution in [0.25, 0.3) is 0 Å². The third kappa shape index (κ3) is 3.86. The van der Waals surface area contributed by atoms with E-state index in [2.05, 4.69) is 12.2 Å². The van der Waals surface area contributed by atoms with E-state index < -0.39 is 0 Å². The van der Waals surface area contributed by atoms with E-state index in [0.717, 1.165) is 44.9 Å². The molecule has 0 aliphatic heterocycles. The van der Waals surface area contributed by atoms with Crippen molar-refractivity contribution in [1.82, 2.24) is 5.32 Å². The Bertz CT molecular complexity index is 327. The molecule has 2 rings (SSSR count). The van der Waals surface area contributed by atoms with Crippen LogP contribution >= 0.6 is 12.4 Å². The zero-order valence-corrected chi connectivity index (χ0v) is 13.3. The highest BCUT2D eigenvalue weighted by molar-refractivity contribution is 5.85. The average Bonchev–Trinajstić information content (AvgIpc) is 2.88. The van der Waals surface area contributed by atoms with Crippen molar-refractivity contribution in [2.45, 2.75) is 58.0 Å². The second kappa shape index (κ2) is 7.62. The summed E-state index contributed by atoms with van der Waals surface area (Å²) in [5.41, 5.74) is 5.58. The minimum atomic E-state index is -0.282. The molecule has 0 saturated heterocycles. The summed E-state index contributed by atoms with van der Waals surface area (Å²) >= 11 is 0. The van der Waals surface area contributed by atoms with Crippen LogP contribution in [0.2, 0.25) is 0 Å². The van der Waals surface area contributed by atoms with Crippen LogP contribution in [-0.2, 0) is 4.79 Å². The van der Waals surface area contributed by atoms with Crippen LogP contribution in [0, 0.1) is 17.3 Å². The number of halogens is 1. The minimum Gasteiger partial charge on any atom is -0.392 e. The van der Waals surface area contributed by atoms with E-state index in [1.54, 1.807) is 0 Å². The smallest absolute Gasteiger partial charge is 0.223 e. The molecular formula is C15H29ClN2O2. The van der Waals surface area contributed by atoms with Crippen molar-refractivity contribution in [3.63, 3.8) is 0 Å². The first kappa shape index (κ1) is 17.7. The molecular weight excluding hydrogens is 276 g/mol. The summed E-state index contributed by atoms with van der Waals surface area (Å²) in [6, 6.07) is 0. The van der Waals surface area contributed by atoms with Gasteiger partial charge < -0.3 is 16.2 Å². The lowest BCUT2D eigenvalue weighted by Gasteiger charge is -2.38. The Hall–Kier alpha value is -0.320. The van der Waals surface area contributed by atoms with E-state index in [4.69, 9.17) is 5.73 Å². The fraction of sp³-hybridized carbons (Fsp3) is 0.933. The van der Waals surface area contributed by atoms with Crippen LogP contribution in [0.5, 0.6) is 0 Å². The molecule has 2 aliphatic carbocycles. The maximum Gasteiger partial charge on any atom is 0.223 e. The highest BCUT2D eigenvalue weighted by atomic mass is 35.5. The van der Waals surface area contributed by atoms with Gasteiger partial charge in [0.25, 0.3) is 0 Å². The fourth-order valence-corrected chi connectivity index (χ4v) is 3.67. The third-order valence-corrected chi connectivity index (χ3v) is 5.24. The molecule has 4 N–H and O–H groups in total. The largest absolute Gasteiger partial charge is 0.392 e. The summed E-state index contributed by atoms with van der Waals surface area (Å²) in [6.07, 6.45) is 6.98. The van der Waals surface area contributed by atoms with Crippen LogP contribution in [0.3, 0.4) is 0 Å². The molecule has 4 atom stereocenters. The quantitative estimate of drug-likeness (QED) is 0.742. The molecule has 0 spiro atoms. The lowest BCUT2D eigenvalue weighted by atomic mass is 9.73. The van der Waals surface area contributed by atoms with Crippen LogP contribution in [0.15, 0.2) is 0 Å². The zero-order chi connectivity index (χ0) is 13.9. The molecule has 1 amide bonds. The number of carbonyl (C=O) groups excluding carboxylic acids is 1. The van der Waals surface area contributed by atoms with Crippen molar-refractivity contribution in [3.8, 4) is 0 Å². The highest BCUT2D eigenvalue weighted by Gasteiger charge is 2.37. The number of aliphatic hydroxyl groups is 1. The number of carbonyl (C=O) groups is 1. The molecule has 0 aromatic rings. The topological polar surface area (TPSA) is 75.4 Å². The van der Waals surface area contributed by atoms with Crippen molar-refractivity contribution < 1.29 is 9.90 Å². The van der Waals surface area contributed by atoms with Crippen LogP contribution in [-0.4, -0.2) is 30.2 Å². The molecule has 5 heteroatoms. The van der Waals surface area contributed by atoms with Crippen molar-refractivity contribution in [2.24, 2.45) is 23.0 Å². The Morgan fingerprint density at radius 1 is 1.30 bits per heavy atom. The van der Waals surface area contributed by atoms with Crippen LogP contribution < -0.4 is 11.1 Å². The Morgan fingerprint density at radius 3 is 2.70 bits per heavy atom. The van der Waals surface area contributed by atoms with E-state index in [1.165, 1.54) is 0 Å². The summed E-state index contributed by atoms with van der Waals surface area (Å²) in [4.78, 5) is 12.3. The van der Waals surface area contributed by atoms with Gasteiger partial charge in [0.05, 0.1) is 6.10 Å². The normalized spacial score (nSPS) is 37.2. The summed E-state index contributed by atoms with van der Waals surface area (Å²) < 4.78 is 0. The molecule has 0 aromatic heterocycles. The van der Waals surface area contributed by atoms with Crippen molar-refractivity contribution in [3.05, 3.63) is 0 Å². The lowest BCUT2D eigenvalue weighted by Crippen LogP contribution is -2.47. The molecule has 2 unspecified atom stereocenters. The Balaban J connectivity index is 0.00000200. The standard InChI is InChI=1S/C15H28N2O2.ClH/c1-15(8-3-2-7-13(15)18)10-17-14(19)12-6-4-5-11(12)9-16;/h11-13,18H,2-10,16H2,1H3,(H,17,19);1H/t11-,12-,13?,15?;/m1./s1. The number of nitrogens with two attached hydrogens (primary N) is 1. The van der Waals surface area contributed by atoms with Gasteiger partial charge in [-0.15, -0.1) is 12.4 Å². The number of hydrogen-bond acceptors (Lipinski definition) is 3.